The van der Waals surface area contributed by atoms with Crippen LogP contribution < -0.4 is 10.2 Å². The lowest BCUT2D eigenvalue weighted by Crippen LogP contribution is -3.14. The monoisotopic (exact) mass is 352 g/mol. The van der Waals surface area contributed by atoms with Crippen molar-refractivity contribution < 1.29 is 23.6 Å². The van der Waals surface area contributed by atoms with Crippen molar-refractivity contribution in [3.05, 3.63) is 23.7 Å². The topological polar surface area (TPSA) is 76.2 Å². The number of hydrogen-bond donors (Lipinski definition) is 2. The molecule has 7 heteroatoms. The van der Waals surface area contributed by atoms with Gasteiger partial charge in [-0.2, -0.15) is 0 Å². The molecule has 2 heterocycles. The molecule has 0 aromatic carbocycles. The highest BCUT2D eigenvalue weighted by atomic mass is 16.5. The molecule has 1 aromatic rings. The Morgan fingerprint density at radius 3 is 2.68 bits per heavy atom. The molecule has 0 aliphatic carbocycles. The molecule has 0 radical (unpaired) electrons. The van der Waals surface area contributed by atoms with E-state index in [9.17, 15) is 9.59 Å². The number of carbonyl (C=O) groups is 2. The van der Waals surface area contributed by atoms with Gasteiger partial charge in [-0.05, 0) is 19.4 Å². The molecule has 2 amide bonds. The van der Waals surface area contributed by atoms with E-state index in [0.717, 1.165) is 39.3 Å². The van der Waals surface area contributed by atoms with Gasteiger partial charge in [0.1, 0.15) is 18.8 Å². The Kier molecular flexibility index (Phi) is 7.94. The highest BCUT2D eigenvalue weighted by Crippen LogP contribution is 2.12. The number of nitrogens with one attached hydrogen (secondary N) is 2. The van der Waals surface area contributed by atoms with Gasteiger partial charge in [-0.3, -0.25) is 9.59 Å². The Morgan fingerprint density at radius 1 is 1.28 bits per heavy atom. The first-order chi connectivity index (χ1) is 12.1. The number of ether oxygens (including phenoxy) is 1. The average molecular weight is 352 g/mol. The first kappa shape index (κ1) is 19.5. The van der Waals surface area contributed by atoms with Gasteiger partial charge in [-0.1, -0.05) is 6.92 Å². The van der Waals surface area contributed by atoms with E-state index in [2.05, 4.69) is 5.32 Å². The molecule has 1 saturated heterocycles. The second-order valence-corrected chi connectivity index (χ2v) is 6.39. The van der Waals surface area contributed by atoms with Gasteiger partial charge in [0.2, 0.25) is 5.91 Å². The van der Waals surface area contributed by atoms with Crippen LogP contribution in [0.5, 0.6) is 0 Å². The number of furan rings is 1. The van der Waals surface area contributed by atoms with Crippen molar-refractivity contribution in [1.82, 2.24) is 10.2 Å². The summed E-state index contributed by atoms with van der Waals surface area (Å²) in [6.45, 7) is 10.0. The number of carbonyl (C=O) groups excluding carboxylic acids is 2. The zero-order valence-corrected chi connectivity index (χ0v) is 15.3. The van der Waals surface area contributed by atoms with E-state index in [4.69, 9.17) is 9.15 Å². The van der Waals surface area contributed by atoms with E-state index in [1.54, 1.807) is 17.9 Å². The van der Waals surface area contributed by atoms with Gasteiger partial charge in [-0.15, -0.1) is 0 Å². The van der Waals surface area contributed by atoms with Gasteiger partial charge in [0.25, 0.3) is 5.91 Å². The lowest BCUT2D eigenvalue weighted by molar-refractivity contribution is -0.906. The third-order valence-electron chi connectivity index (χ3n) is 4.48. The smallest absolute Gasteiger partial charge is 0.257 e. The Hall–Kier alpha value is -1.86. The van der Waals surface area contributed by atoms with Crippen LogP contribution >= 0.6 is 0 Å². The van der Waals surface area contributed by atoms with Crippen LogP contribution in [0.15, 0.2) is 16.7 Å². The maximum Gasteiger partial charge on any atom is 0.257 e. The number of morpholine rings is 1. The summed E-state index contributed by atoms with van der Waals surface area (Å²) in [5, 5.41) is 2.96. The zero-order chi connectivity index (χ0) is 18.1. The summed E-state index contributed by atoms with van der Waals surface area (Å²) >= 11 is 0. The molecule has 1 aliphatic heterocycles. The van der Waals surface area contributed by atoms with Crippen molar-refractivity contribution in [1.29, 1.82) is 0 Å². The molecule has 2 N–H and O–H groups in total. The Bertz CT molecular complexity index is 552. The Balaban J connectivity index is 1.73. The zero-order valence-electron chi connectivity index (χ0n) is 15.3. The minimum absolute atomic E-state index is 0.00882. The summed E-state index contributed by atoms with van der Waals surface area (Å²) in [6.07, 6.45) is 2.69. The van der Waals surface area contributed by atoms with E-state index >= 15 is 0 Å². The van der Waals surface area contributed by atoms with Gasteiger partial charge in [-0.25, -0.2) is 0 Å². The predicted octanol–water partition coefficient (Wildman–Crippen LogP) is -0.138. The number of rotatable bonds is 9. The second-order valence-electron chi connectivity index (χ2n) is 6.39. The second kappa shape index (κ2) is 10.2. The molecule has 0 unspecified atom stereocenters. The van der Waals surface area contributed by atoms with Gasteiger partial charge in [0.05, 0.1) is 38.1 Å². The number of amides is 2. The molecule has 25 heavy (non-hydrogen) atoms. The maximum absolute atomic E-state index is 12.6. The SMILES string of the molecule is CCCN(CCC(=O)NCC[NH+]1CCOCC1)C(=O)c1ccoc1C. The van der Waals surface area contributed by atoms with Gasteiger partial charge in [0.15, 0.2) is 0 Å². The maximum atomic E-state index is 12.6. The van der Waals surface area contributed by atoms with Crippen molar-refractivity contribution in [2.45, 2.75) is 26.7 Å². The van der Waals surface area contributed by atoms with Gasteiger partial charge in [0, 0.05) is 19.5 Å². The molecule has 0 saturated carbocycles. The minimum Gasteiger partial charge on any atom is -0.469 e. The van der Waals surface area contributed by atoms with Crippen molar-refractivity contribution in [2.75, 3.05) is 52.5 Å². The first-order valence-corrected chi connectivity index (χ1v) is 9.13. The highest BCUT2D eigenvalue weighted by molar-refractivity contribution is 5.95. The largest absolute Gasteiger partial charge is 0.469 e. The number of aryl methyl sites for hydroxylation is 1. The van der Waals surface area contributed by atoms with E-state index in [-0.39, 0.29) is 11.8 Å². The number of quaternary nitrogens is 1. The van der Waals surface area contributed by atoms with Gasteiger partial charge < -0.3 is 24.3 Å². The molecule has 7 nitrogen and oxygen atoms in total. The molecule has 0 bridgehead atoms. The minimum atomic E-state index is -0.0707. The molecular weight excluding hydrogens is 322 g/mol. The lowest BCUT2D eigenvalue weighted by Gasteiger charge is -2.24. The summed E-state index contributed by atoms with van der Waals surface area (Å²) in [6, 6.07) is 1.69. The quantitative estimate of drug-likeness (QED) is 0.649. The Labute approximate surface area is 149 Å². The van der Waals surface area contributed by atoms with E-state index in [1.165, 1.54) is 11.2 Å². The fraction of sp³-hybridized carbons (Fsp3) is 0.667. The van der Waals surface area contributed by atoms with Crippen LogP contribution in [-0.4, -0.2) is 69.2 Å². The molecule has 0 atom stereocenters. The van der Waals surface area contributed by atoms with Crippen LogP contribution in [0.2, 0.25) is 0 Å². The normalized spacial score (nSPS) is 15.1. The van der Waals surface area contributed by atoms with Crippen LogP contribution in [0.4, 0.5) is 0 Å². The van der Waals surface area contributed by atoms with E-state index < -0.39 is 0 Å². The van der Waals surface area contributed by atoms with Crippen molar-refractivity contribution >= 4 is 11.8 Å². The summed E-state index contributed by atoms with van der Waals surface area (Å²) in [5.41, 5.74) is 0.574. The third kappa shape index (κ3) is 6.17. The number of hydrogen-bond acceptors (Lipinski definition) is 4. The summed E-state index contributed by atoms with van der Waals surface area (Å²) in [7, 11) is 0. The molecule has 1 aliphatic rings. The van der Waals surface area contributed by atoms with Crippen LogP contribution in [0, 0.1) is 6.92 Å². The van der Waals surface area contributed by atoms with Gasteiger partial charge >= 0.3 is 0 Å². The molecular formula is C18H30N3O4+. The fourth-order valence-corrected chi connectivity index (χ4v) is 2.98. The van der Waals surface area contributed by atoms with Crippen molar-refractivity contribution in [2.24, 2.45) is 0 Å². The molecule has 1 aromatic heterocycles. The van der Waals surface area contributed by atoms with Crippen LogP contribution in [0.3, 0.4) is 0 Å². The lowest BCUT2D eigenvalue weighted by atomic mass is 10.2. The van der Waals surface area contributed by atoms with Crippen LogP contribution in [0.25, 0.3) is 0 Å². The fourth-order valence-electron chi connectivity index (χ4n) is 2.98. The highest BCUT2D eigenvalue weighted by Gasteiger charge is 2.19. The first-order valence-electron chi connectivity index (χ1n) is 9.13. The van der Waals surface area contributed by atoms with E-state index in [1.807, 2.05) is 6.92 Å². The average Bonchev–Trinajstić information content (AvgIpc) is 3.05. The summed E-state index contributed by atoms with van der Waals surface area (Å²) in [4.78, 5) is 27.8. The summed E-state index contributed by atoms with van der Waals surface area (Å²) in [5.74, 6) is 0.535. The molecule has 0 spiro atoms. The van der Waals surface area contributed by atoms with E-state index in [0.29, 0.717) is 37.4 Å². The standard InChI is InChI=1S/C18H29N3O4/c1-3-7-21(18(23)16-5-12-25-15(16)2)8-4-17(22)19-6-9-20-10-13-24-14-11-20/h5,12H,3-4,6-11,13-14H2,1-2H3,(H,19,22)/p+1. The third-order valence-corrected chi connectivity index (χ3v) is 4.48. The predicted molar refractivity (Wildman–Crippen MR) is 93.6 cm³/mol. The molecule has 140 valence electrons. The number of nitrogens with zero attached hydrogens (tertiary/aromatic N) is 1. The Morgan fingerprint density at radius 2 is 2.04 bits per heavy atom. The summed E-state index contributed by atoms with van der Waals surface area (Å²) < 4.78 is 10.5. The molecule has 1 fully saturated rings. The van der Waals surface area contributed by atoms with Crippen molar-refractivity contribution in [3.8, 4) is 0 Å². The molecule has 2 rings (SSSR count). The van der Waals surface area contributed by atoms with Crippen LogP contribution in [-0.2, 0) is 9.53 Å². The van der Waals surface area contributed by atoms with Crippen LogP contribution in [0.1, 0.15) is 35.9 Å². The van der Waals surface area contributed by atoms with Crippen molar-refractivity contribution in [3.63, 3.8) is 0 Å².